The van der Waals surface area contributed by atoms with Crippen LogP contribution in [0, 0.1) is 0 Å². The summed E-state index contributed by atoms with van der Waals surface area (Å²) < 4.78 is 32.5. The van der Waals surface area contributed by atoms with Crippen molar-refractivity contribution in [3.05, 3.63) is 48.8 Å². The van der Waals surface area contributed by atoms with Crippen LogP contribution in [0.25, 0.3) is 10.9 Å². The number of hydrogen-bond acceptors (Lipinski definition) is 6. The van der Waals surface area contributed by atoms with Gasteiger partial charge in [0.15, 0.2) is 0 Å². The average molecular weight is 386 g/mol. The van der Waals surface area contributed by atoms with Crippen LogP contribution in [0.3, 0.4) is 0 Å². The van der Waals surface area contributed by atoms with E-state index in [9.17, 15) is 8.42 Å². The predicted molar refractivity (Wildman–Crippen MR) is 106 cm³/mol. The Morgan fingerprint density at radius 3 is 2.52 bits per heavy atom. The van der Waals surface area contributed by atoms with Gasteiger partial charge in [0.1, 0.15) is 17.9 Å². The molecule has 0 amide bonds. The number of aromatic nitrogens is 2. The fourth-order valence-corrected chi connectivity index (χ4v) is 4.37. The van der Waals surface area contributed by atoms with Crippen molar-refractivity contribution < 1.29 is 13.2 Å². The highest BCUT2D eigenvalue weighted by atomic mass is 32.2. The molecule has 27 heavy (non-hydrogen) atoms. The Bertz CT molecular complexity index is 1040. The molecule has 0 saturated carbocycles. The van der Waals surface area contributed by atoms with E-state index in [0.29, 0.717) is 30.3 Å². The number of rotatable bonds is 7. The molecule has 0 radical (unpaired) electrons. The normalized spacial score (nSPS) is 11.7. The molecule has 2 aromatic carbocycles. The van der Waals surface area contributed by atoms with Crippen molar-refractivity contribution in [2.75, 3.05) is 25.5 Å². The van der Waals surface area contributed by atoms with Crippen LogP contribution < -0.4 is 10.1 Å². The molecule has 7 nitrogen and oxygen atoms in total. The van der Waals surface area contributed by atoms with E-state index in [-0.39, 0.29) is 4.90 Å². The summed E-state index contributed by atoms with van der Waals surface area (Å²) in [6.07, 6.45) is 1.47. The predicted octanol–water partition coefficient (Wildman–Crippen LogP) is 3.41. The van der Waals surface area contributed by atoms with Gasteiger partial charge in [0, 0.05) is 18.5 Å². The maximum absolute atomic E-state index is 12.8. The summed E-state index contributed by atoms with van der Waals surface area (Å²) >= 11 is 0. The summed E-state index contributed by atoms with van der Waals surface area (Å²) in [5.41, 5.74) is 1.32. The quantitative estimate of drug-likeness (QED) is 0.670. The summed E-state index contributed by atoms with van der Waals surface area (Å²) in [5, 5.41) is 4.03. The molecule has 0 atom stereocenters. The lowest BCUT2D eigenvalue weighted by Crippen LogP contribution is -2.30. The molecule has 0 aliphatic heterocycles. The Balaban J connectivity index is 2.07. The standard InChI is InChI=1S/C19H22N4O3S/c1-4-23(5-2)27(24,25)14-10-11-18(26-3)17(12-14)22-19-15-8-6-7-9-16(15)20-13-21-19/h6-13H,4-5H2,1-3H3,(H,20,21,22). The monoisotopic (exact) mass is 386 g/mol. The number of hydrogen-bond donors (Lipinski definition) is 1. The van der Waals surface area contributed by atoms with Gasteiger partial charge in [0.05, 0.1) is 23.2 Å². The molecule has 1 heterocycles. The van der Waals surface area contributed by atoms with E-state index < -0.39 is 10.0 Å². The zero-order valence-electron chi connectivity index (χ0n) is 15.5. The minimum absolute atomic E-state index is 0.202. The Labute approximate surface area is 159 Å². The maximum atomic E-state index is 12.8. The van der Waals surface area contributed by atoms with Gasteiger partial charge in [-0.25, -0.2) is 18.4 Å². The van der Waals surface area contributed by atoms with E-state index in [1.807, 2.05) is 38.1 Å². The van der Waals surface area contributed by atoms with Crippen molar-refractivity contribution in [1.82, 2.24) is 14.3 Å². The number of nitrogens with zero attached hydrogens (tertiary/aromatic N) is 3. The molecule has 3 rings (SSSR count). The first-order chi connectivity index (χ1) is 13.0. The Hall–Kier alpha value is -2.71. The first-order valence-electron chi connectivity index (χ1n) is 8.66. The molecule has 0 saturated heterocycles. The lowest BCUT2D eigenvalue weighted by atomic mass is 10.2. The van der Waals surface area contributed by atoms with E-state index in [2.05, 4.69) is 15.3 Å². The van der Waals surface area contributed by atoms with Gasteiger partial charge in [0.25, 0.3) is 0 Å². The second-order valence-corrected chi connectivity index (χ2v) is 7.75. The Morgan fingerprint density at radius 1 is 1.07 bits per heavy atom. The van der Waals surface area contributed by atoms with E-state index in [4.69, 9.17) is 4.74 Å². The Morgan fingerprint density at radius 2 is 1.81 bits per heavy atom. The van der Waals surface area contributed by atoms with Gasteiger partial charge in [-0.15, -0.1) is 0 Å². The van der Waals surface area contributed by atoms with Crippen molar-refractivity contribution >= 4 is 32.4 Å². The zero-order valence-corrected chi connectivity index (χ0v) is 16.3. The van der Waals surface area contributed by atoms with Crippen LogP contribution in [0.15, 0.2) is 53.7 Å². The molecular formula is C19H22N4O3S. The lowest BCUT2D eigenvalue weighted by molar-refractivity contribution is 0.416. The van der Waals surface area contributed by atoms with Gasteiger partial charge in [-0.05, 0) is 30.3 Å². The zero-order chi connectivity index (χ0) is 19.4. The molecule has 0 unspecified atom stereocenters. The van der Waals surface area contributed by atoms with Crippen LogP contribution >= 0.6 is 0 Å². The first kappa shape index (κ1) is 19.1. The van der Waals surface area contributed by atoms with Gasteiger partial charge in [0.2, 0.25) is 10.0 Å². The van der Waals surface area contributed by atoms with Crippen LogP contribution in [0.2, 0.25) is 0 Å². The summed E-state index contributed by atoms with van der Waals surface area (Å²) in [5.74, 6) is 1.10. The largest absolute Gasteiger partial charge is 0.495 e. The minimum atomic E-state index is -3.58. The molecule has 1 N–H and O–H groups in total. The third-order valence-electron chi connectivity index (χ3n) is 4.31. The highest BCUT2D eigenvalue weighted by molar-refractivity contribution is 7.89. The van der Waals surface area contributed by atoms with Crippen LogP contribution in [0.4, 0.5) is 11.5 Å². The summed E-state index contributed by atoms with van der Waals surface area (Å²) in [6, 6.07) is 12.4. The average Bonchev–Trinajstić information content (AvgIpc) is 2.69. The summed E-state index contributed by atoms with van der Waals surface area (Å²) in [7, 11) is -2.04. The molecule has 3 aromatic rings. The van der Waals surface area contributed by atoms with Gasteiger partial charge in [-0.3, -0.25) is 0 Å². The van der Waals surface area contributed by atoms with Gasteiger partial charge in [-0.1, -0.05) is 26.0 Å². The van der Waals surface area contributed by atoms with E-state index in [0.717, 1.165) is 10.9 Å². The van der Waals surface area contributed by atoms with E-state index in [1.54, 1.807) is 18.2 Å². The fraction of sp³-hybridized carbons (Fsp3) is 0.263. The number of benzene rings is 2. The number of nitrogens with one attached hydrogen (secondary N) is 1. The van der Waals surface area contributed by atoms with Crippen molar-refractivity contribution in [2.24, 2.45) is 0 Å². The molecule has 0 aliphatic rings. The van der Waals surface area contributed by atoms with Crippen molar-refractivity contribution in [3.63, 3.8) is 0 Å². The fourth-order valence-electron chi connectivity index (χ4n) is 2.89. The number of para-hydroxylation sites is 1. The molecule has 142 valence electrons. The van der Waals surface area contributed by atoms with Gasteiger partial charge < -0.3 is 10.1 Å². The number of ether oxygens (including phenoxy) is 1. The second kappa shape index (κ2) is 7.89. The molecule has 0 fully saturated rings. The molecule has 0 spiro atoms. The minimum Gasteiger partial charge on any atom is -0.495 e. The molecule has 8 heteroatoms. The van der Waals surface area contributed by atoms with Crippen LogP contribution in [-0.4, -0.2) is 42.9 Å². The lowest BCUT2D eigenvalue weighted by Gasteiger charge is -2.20. The second-order valence-electron chi connectivity index (χ2n) is 5.82. The topological polar surface area (TPSA) is 84.4 Å². The van der Waals surface area contributed by atoms with E-state index in [1.165, 1.54) is 17.7 Å². The Kier molecular flexibility index (Phi) is 5.57. The summed E-state index contributed by atoms with van der Waals surface area (Å²) in [6.45, 7) is 4.45. The molecular weight excluding hydrogens is 364 g/mol. The SMILES string of the molecule is CCN(CC)S(=O)(=O)c1ccc(OC)c(Nc2ncnc3ccccc23)c1. The molecule has 1 aromatic heterocycles. The maximum Gasteiger partial charge on any atom is 0.243 e. The van der Waals surface area contributed by atoms with E-state index >= 15 is 0 Å². The number of anilines is 2. The third kappa shape index (κ3) is 3.72. The summed E-state index contributed by atoms with van der Waals surface area (Å²) in [4.78, 5) is 8.74. The smallest absolute Gasteiger partial charge is 0.243 e. The number of methoxy groups -OCH3 is 1. The first-order valence-corrected chi connectivity index (χ1v) is 10.1. The van der Waals surface area contributed by atoms with Crippen molar-refractivity contribution in [2.45, 2.75) is 18.7 Å². The van der Waals surface area contributed by atoms with Crippen LogP contribution in [0.5, 0.6) is 5.75 Å². The van der Waals surface area contributed by atoms with Gasteiger partial charge in [-0.2, -0.15) is 4.31 Å². The number of sulfonamides is 1. The highest BCUT2D eigenvalue weighted by Gasteiger charge is 2.23. The molecule has 0 bridgehead atoms. The third-order valence-corrected chi connectivity index (χ3v) is 6.36. The van der Waals surface area contributed by atoms with Crippen LogP contribution in [-0.2, 0) is 10.0 Å². The molecule has 0 aliphatic carbocycles. The number of fused-ring (bicyclic) bond motifs is 1. The highest BCUT2D eigenvalue weighted by Crippen LogP contribution is 2.32. The van der Waals surface area contributed by atoms with Crippen molar-refractivity contribution in [1.29, 1.82) is 0 Å². The van der Waals surface area contributed by atoms with Gasteiger partial charge >= 0.3 is 0 Å². The van der Waals surface area contributed by atoms with Crippen LogP contribution in [0.1, 0.15) is 13.8 Å². The van der Waals surface area contributed by atoms with Crippen molar-refractivity contribution in [3.8, 4) is 5.75 Å².